The molecular weight excluding hydrogens is 929 g/mol. The quantitative estimate of drug-likeness (QED) is 0.0553. The van der Waals surface area contributed by atoms with Gasteiger partial charge in [-0.05, 0) is 12.8 Å². The third-order valence-corrected chi connectivity index (χ3v) is 12.8. The molecule has 0 atom stereocenters. The van der Waals surface area contributed by atoms with E-state index in [1.54, 1.807) is 0 Å². The maximum absolute atomic E-state index is 5.13. The Morgan fingerprint density at radius 2 is 0.182 bits per heavy atom. The molecule has 0 heterocycles. The van der Waals surface area contributed by atoms with Crippen molar-refractivity contribution in [1.82, 2.24) is 0 Å². The summed E-state index contributed by atoms with van der Waals surface area (Å²) in [6, 6.07) is 0. The molecule has 0 amide bonds. The van der Waals surface area contributed by atoms with Crippen molar-refractivity contribution in [2.24, 2.45) is 0 Å². The third kappa shape index (κ3) is 215. The molecule has 0 aliphatic heterocycles. The highest BCUT2D eigenvalue weighted by molar-refractivity contribution is 4.41. The fourth-order valence-corrected chi connectivity index (χ4v) is 7.16. The van der Waals surface area contributed by atoms with Crippen molar-refractivity contribution >= 4 is 0 Å². The van der Waals surface area contributed by atoms with Crippen molar-refractivity contribution in [3.05, 3.63) is 0 Å². The van der Waals surface area contributed by atoms with Gasteiger partial charge in [0.05, 0.1) is 0 Å². The molecule has 0 radical (unpaired) electrons. The van der Waals surface area contributed by atoms with E-state index >= 15 is 0 Å². The molecule has 0 spiro atoms. The lowest BCUT2D eigenvalue weighted by atomic mass is 10.2. The Balaban J connectivity index is -0.0000000691. The van der Waals surface area contributed by atoms with E-state index in [2.05, 4.69) is 152 Å². The molecule has 0 fully saturated rings. The summed E-state index contributed by atoms with van der Waals surface area (Å²) >= 11 is 0. The van der Waals surface area contributed by atoms with Crippen LogP contribution < -0.4 is 0 Å². The lowest BCUT2D eigenvalue weighted by Crippen LogP contribution is -1.92. The van der Waals surface area contributed by atoms with Crippen LogP contribution in [-0.2, 0) is 4.74 Å². The molecule has 484 valence electrons. The SMILES string of the molecule is CCCCCCC.CCCCCCC.CCCCCCC.CCCCCCC.CCCCCCC.CCCCCCC.CCCCCCC.CCCCCCC.CCCCCCC.CCCCCCC.CCCOCCC. The van der Waals surface area contributed by atoms with Gasteiger partial charge in [-0.15, -0.1) is 0 Å². The van der Waals surface area contributed by atoms with Crippen molar-refractivity contribution in [1.29, 1.82) is 0 Å². The van der Waals surface area contributed by atoms with Gasteiger partial charge < -0.3 is 4.74 Å². The monoisotopic (exact) mass is 1100 g/mol. The van der Waals surface area contributed by atoms with Gasteiger partial charge in [0.2, 0.25) is 0 Å². The number of unbranched alkanes of at least 4 members (excludes halogenated alkanes) is 40. The number of ether oxygens (including phenoxy) is 1. The van der Waals surface area contributed by atoms with Gasteiger partial charge in [-0.25, -0.2) is 0 Å². The molecule has 0 aromatic rings. The molecule has 0 rings (SSSR count). The molecule has 0 aromatic carbocycles. The van der Waals surface area contributed by atoms with Gasteiger partial charge in [-0.3, -0.25) is 0 Å². The number of rotatable bonds is 44. The van der Waals surface area contributed by atoms with Crippen LogP contribution in [0.15, 0.2) is 0 Å². The molecule has 0 N–H and O–H groups in total. The van der Waals surface area contributed by atoms with E-state index in [0.717, 1.165) is 26.1 Å². The van der Waals surface area contributed by atoms with Gasteiger partial charge in [0.25, 0.3) is 0 Å². The van der Waals surface area contributed by atoms with Crippen molar-refractivity contribution in [2.75, 3.05) is 13.2 Å². The van der Waals surface area contributed by atoms with Crippen LogP contribution in [0.5, 0.6) is 0 Å². The normalized spacial score (nSPS) is 9.43. The molecular formula is C76H174O. The van der Waals surface area contributed by atoms with Crippen LogP contribution in [0.2, 0.25) is 0 Å². The van der Waals surface area contributed by atoms with E-state index < -0.39 is 0 Å². The minimum atomic E-state index is 0.924. The van der Waals surface area contributed by atoms with E-state index in [1.165, 1.54) is 321 Å². The first-order chi connectivity index (χ1) is 37.6. The molecule has 0 aromatic heterocycles. The van der Waals surface area contributed by atoms with Gasteiger partial charge in [-0.1, -0.05) is 473 Å². The lowest BCUT2D eigenvalue weighted by molar-refractivity contribution is 0.135. The summed E-state index contributed by atoms with van der Waals surface area (Å²) in [4.78, 5) is 0. The topological polar surface area (TPSA) is 9.23 Å². The highest BCUT2D eigenvalue weighted by atomic mass is 16.5. The van der Waals surface area contributed by atoms with Gasteiger partial charge in [-0.2, -0.15) is 0 Å². The predicted molar refractivity (Wildman–Crippen MR) is 376 cm³/mol. The molecule has 0 unspecified atom stereocenters. The Labute approximate surface area is 501 Å². The second kappa shape index (κ2) is 141. The largest absolute Gasteiger partial charge is 0.381 e. The average molecular weight is 1100 g/mol. The van der Waals surface area contributed by atoms with Gasteiger partial charge in [0.15, 0.2) is 0 Å². The van der Waals surface area contributed by atoms with Crippen molar-refractivity contribution in [3.8, 4) is 0 Å². The predicted octanol–water partition coefficient (Wildman–Crippen LogP) is 31.6. The first-order valence-corrected chi connectivity index (χ1v) is 37.1. The maximum atomic E-state index is 5.13. The minimum Gasteiger partial charge on any atom is -0.381 e. The van der Waals surface area contributed by atoms with E-state index in [0.29, 0.717) is 0 Å². The molecule has 1 heteroatoms. The first kappa shape index (κ1) is 102. The van der Waals surface area contributed by atoms with E-state index in [9.17, 15) is 0 Å². The number of hydrogen-bond acceptors (Lipinski definition) is 1. The summed E-state index contributed by atoms with van der Waals surface area (Å²) < 4.78 is 5.13. The van der Waals surface area contributed by atoms with Crippen LogP contribution in [0.1, 0.15) is 486 Å². The minimum absolute atomic E-state index is 0.924. The second-order valence-corrected chi connectivity index (χ2v) is 22.2. The van der Waals surface area contributed by atoms with Crippen LogP contribution in [0.3, 0.4) is 0 Å². The fraction of sp³-hybridized carbons (Fsp3) is 1.00. The molecule has 0 aliphatic rings. The zero-order chi connectivity index (χ0) is 60.9. The summed E-state index contributed by atoms with van der Waals surface area (Å²) in [5, 5.41) is 0. The second-order valence-electron chi connectivity index (χ2n) is 22.2. The maximum Gasteiger partial charge on any atom is 0.0463 e. The van der Waals surface area contributed by atoms with Gasteiger partial charge >= 0.3 is 0 Å². The fourth-order valence-electron chi connectivity index (χ4n) is 7.16. The van der Waals surface area contributed by atoms with Crippen LogP contribution >= 0.6 is 0 Å². The van der Waals surface area contributed by atoms with Gasteiger partial charge in [0, 0.05) is 13.2 Å². The standard InChI is InChI=1S/10C7H16.C6H14O/c11*1-3-5-7-6-4-2/h10*3-7H2,1-2H3;3-6H2,1-2H3. The molecule has 0 bridgehead atoms. The van der Waals surface area contributed by atoms with Crippen molar-refractivity contribution in [3.63, 3.8) is 0 Å². The average Bonchev–Trinajstić information content (AvgIpc) is 3.44. The first-order valence-electron chi connectivity index (χ1n) is 37.1. The summed E-state index contributed by atoms with van der Waals surface area (Å²) in [5.74, 6) is 0. The Morgan fingerprint density at radius 3 is 0.234 bits per heavy atom. The zero-order valence-corrected chi connectivity index (χ0v) is 60.6. The smallest absolute Gasteiger partial charge is 0.0463 e. The van der Waals surface area contributed by atoms with Crippen LogP contribution in [-0.4, -0.2) is 13.2 Å². The van der Waals surface area contributed by atoms with Crippen LogP contribution in [0, 0.1) is 0 Å². The molecule has 77 heavy (non-hydrogen) atoms. The van der Waals surface area contributed by atoms with Crippen LogP contribution in [0.25, 0.3) is 0 Å². The highest BCUT2D eigenvalue weighted by Gasteiger charge is 1.86. The van der Waals surface area contributed by atoms with Crippen molar-refractivity contribution < 1.29 is 4.74 Å². The van der Waals surface area contributed by atoms with Crippen molar-refractivity contribution in [2.45, 2.75) is 486 Å². The Kier molecular flexibility index (Phi) is 187. The Bertz CT molecular complexity index is 409. The van der Waals surface area contributed by atoms with E-state index in [-0.39, 0.29) is 0 Å². The Morgan fingerprint density at radius 1 is 0.104 bits per heavy atom. The molecule has 0 saturated heterocycles. The summed E-state index contributed by atoms with van der Waals surface area (Å²) in [6.45, 7) is 51.0. The third-order valence-electron chi connectivity index (χ3n) is 12.8. The lowest BCUT2D eigenvalue weighted by Gasteiger charge is -1.95. The molecule has 1 nitrogen and oxygen atoms in total. The molecule has 0 aliphatic carbocycles. The summed E-state index contributed by atoms with van der Waals surface area (Å²) in [5.41, 5.74) is 0. The number of hydrogen-bond donors (Lipinski definition) is 0. The molecule has 0 saturated carbocycles. The zero-order valence-electron chi connectivity index (χ0n) is 60.6. The van der Waals surface area contributed by atoms with Crippen LogP contribution in [0.4, 0.5) is 0 Å². The summed E-state index contributed by atoms with van der Waals surface area (Å²) in [6.07, 6.45) is 72.4. The summed E-state index contributed by atoms with van der Waals surface area (Å²) in [7, 11) is 0. The Hall–Kier alpha value is -0.0400. The van der Waals surface area contributed by atoms with E-state index in [4.69, 9.17) is 4.74 Å². The van der Waals surface area contributed by atoms with Gasteiger partial charge in [0.1, 0.15) is 0 Å². The highest BCUT2D eigenvalue weighted by Crippen LogP contribution is 2.05. The van der Waals surface area contributed by atoms with E-state index in [1.807, 2.05) is 0 Å².